The van der Waals surface area contributed by atoms with Crippen molar-refractivity contribution < 1.29 is 19.4 Å². The number of phenolic OH excluding ortho intramolecular Hbond substituents is 1. The van der Waals surface area contributed by atoms with E-state index in [0.29, 0.717) is 40.9 Å². The van der Waals surface area contributed by atoms with Crippen LogP contribution < -0.4 is 5.43 Å². The Hall–Kier alpha value is -3.61. The van der Waals surface area contributed by atoms with E-state index < -0.39 is 5.97 Å². The van der Waals surface area contributed by atoms with Crippen LogP contribution in [0.3, 0.4) is 0 Å². The number of rotatable bonds is 6. The molecule has 7 nitrogen and oxygen atoms in total. The zero-order valence-corrected chi connectivity index (χ0v) is 16.8. The largest absolute Gasteiger partial charge is 0.508 e. The number of para-hydroxylation sites is 2. The third-order valence-corrected chi connectivity index (χ3v) is 5.35. The van der Waals surface area contributed by atoms with E-state index in [2.05, 4.69) is 4.98 Å². The number of aryl methyl sites for hydroxylation is 3. The fourth-order valence-electron chi connectivity index (χ4n) is 3.78. The topological polar surface area (TPSA) is 106 Å². The van der Waals surface area contributed by atoms with Crippen LogP contribution in [0.25, 0.3) is 33.4 Å². The molecule has 7 heteroatoms. The second-order valence-corrected chi connectivity index (χ2v) is 7.29. The third-order valence-electron chi connectivity index (χ3n) is 5.35. The molecule has 0 bridgehead atoms. The molecule has 0 radical (unpaired) electrons. The Morgan fingerprint density at radius 2 is 2.00 bits per heavy atom. The summed E-state index contributed by atoms with van der Waals surface area (Å²) in [6.07, 6.45) is 1.12. The molecule has 154 valence electrons. The van der Waals surface area contributed by atoms with Crippen molar-refractivity contribution in [2.45, 2.75) is 32.6 Å². The molecule has 0 saturated carbocycles. The maximum atomic E-state index is 13.5. The van der Waals surface area contributed by atoms with Gasteiger partial charge >= 0.3 is 5.97 Å². The van der Waals surface area contributed by atoms with Crippen molar-refractivity contribution in [3.8, 4) is 17.1 Å². The molecule has 30 heavy (non-hydrogen) atoms. The summed E-state index contributed by atoms with van der Waals surface area (Å²) in [6.45, 7) is 1.90. The molecule has 2 heterocycles. The summed E-state index contributed by atoms with van der Waals surface area (Å²) in [7, 11) is 1.84. The minimum absolute atomic E-state index is 0.0379. The van der Waals surface area contributed by atoms with Crippen molar-refractivity contribution in [3.63, 3.8) is 0 Å². The molecular weight excluding hydrogens is 384 g/mol. The maximum Gasteiger partial charge on any atom is 0.303 e. The lowest BCUT2D eigenvalue weighted by Crippen LogP contribution is -2.13. The number of hydrogen-bond donors (Lipinski definition) is 2. The Kier molecular flexibility index (Phi) is 5.03. The number of aromatic hydroxyl groups is 1. The predicted molar refractivity (Wildman–Crippen MR) is 114 cm³/mol. The highest BCUT2D eigenvalue weighted by Crippen LogP contribution is 2.31. The third kappa shape index (κ3) is 3.32. The van der Waals surface area contributed by atoms with Crippen LogP contribution >= 0.6 is 0 Å². The SMILES string of the molecule is CCc1cc2c(=O)c(-c3nc4ccccc4n3C)c(CCCC(=O)O)oc2cc1O. The average Bonchev–Trinajstić information content (AvgIpc) is 3.04. The minimum atomic E-state index is -0.910. The van der Waals surface area contributed by atoms with Gasteiger partial charge < -0.3 is 19.2 Å². The Labute approximate surface area is 172 Å². The summed E-state index contributed by atoms with van der Waals surface area (Å²) in [5.41, 5.74) is 2.66. The number of fused-ring (bicyclic) bond motifs is 2. The number of benzene rings is 2. The van der Waals surface area contributed by atoms with Crippen LogP contribution in [0.5, 0.6) is 5.75 Å². The van der Waals surface area contributed by atoms with Gasteiger partial charge in [-0.1, -0.05) is 19.1 Å². The number of aromatic nitrogens is 2. The van der Waals surface area contributed by atoms with Gasteiger partial charge in [0.15, 0.2) is 0 Å². The number of carboxylic acid groups (broad SMARTS) is 1. The Bertz CT molecular complexity index is 1330. The number of phenols is 1. The first-order chi connectivity index (χ1) is 14.4. The molecule has 0 aliphatic carbocycles. The normalized spacial score (nSPS) is 11.4. The van der Waals surface area contributed by atoms with Crippen molar-refractivity contribution in [2.24, 2.45) is 7.05 Å². The van der Waals surface area contributed by atoms with Gasteiger partial charge in [-0.3, -0.25) is 9.59 Å². The first-order valence-electron chi connectivity index (χ1n) is 9.86. The highest BCUT2D eigenvalue weighted by Gasteiger charge is 2.22. The van der Waals surface area contributed by atoms with E-state index in [4.69, 9.17) is 9.52 Å². The summed E-state index contributed by atoms with van der Waals surface area (Å²) >= 11 is 0. The van der Waals surface area contributed by atoms with Gasteiger partial charge in [0.05, 0.1) is 16.4 Å². The predicted octanol–water partition coefficient (Wildman–Crippen LogP) is 4.02. The molecule has 0 atom stereocenters. The number of imidazole rings is 1. The first kappa shape index (κ1) is 19.7. The van der Waals surface area contributed by atoms with Crippen LogP contribution in [0, 0.1) is 0 Å². The van der Waals surface area contributed by atoms with E-state index in [1.807, 2.05) is 42.8 Å². The van der Waals surface area contributed by atoms with Gasteiger partial charge in [0.2, 0.25) is 5.43 Å². The Morgan fingerprint density at radius 1 is 1.23 bits per heavy atom. The van der Waals surface area contributed by atoms with Crippen LogP contribution in [0.4, 0.5) is 0 Å². The van der Waals surface area contributed by atoms with Gasteiger partial charge in [-0.05, 0) is 36.6 Å². The van der Waals surface area contributed by atoms with E-state index in [0.717, 1.165) is 11.0 Å². The summed E-state index contributed by atoms with van der Waals surface area (Å²) in [5.74, 6) is 0.00636. The van der Waals surface area contributed by atoms with E-state index in [1.54, 1.807) is 6.07 Å². The van der Waals surface area contributed by atoms with Crippen LogP contribution in [0.1, 0.15) is 31.1 Å². The average molecular weight is 406 g/mol. The molecule has 0 spiro atoms. The monoisotopic (exact) mass is 406 g/mol. The number of nitrogens with zero attached hydrogens (tertiary/aromatic N) is 2. The lowest BCUT2D eigenvalue weighted by atomic mass is 10.0. The molecule has 0 amide bonds. The van der Waals surface area contributed by atoms with Gasteiger partial charge in [-0.2, -0.15) is 0 Å². The van der Waals surface area contributed by atoms with Gasteiger partial charge in [-0.15, -0.1) is 0 Å². The minimum Gasteiger partial charge on any atom is -0.508 e. The van der Waals surface area contributed by atoms with Crippen LogP contribution in [-0.4, -0.2) is 25.7 Å². The van der Waals surface area contributed by atoms with Crippen molar-refractivity contribution >= 4 is 28.0 Å². The standard InChI is InChI=1S/C23H22N2O5/c1-3-13-11-14-19(12-17(13)26)30-18(9-6-10-20(27)28)21(22(14)29)23-24-15-7-4-5-8-16(15)25(23)2/h4-5,7-8,11-12,26H,3,6,9-10H2,1-2H3,(H,27,28). The van der Waals surface area contributed by atoms with Gasteiger partial charge in [0, 0.05) is 26.0 Å². The molecule has 0 saturated heterocycles. The molecule has 4 rings (SSSR count). The van der Waals surface area contributed by atoms with E-state index in [-0.39, 0.29) is 29.6 Å². The fourth-order valence-corrected chi connectivity index (χ4v) is 3.78. The summed E-state index contributed by atoms with van der Waals surface area (Å²) in [4.78, 5) is 29.2. The van der Waals surface area contributed by atoms with Crippen molar-refractivity contribution in [2.75, 3.05) is 0 Å². The summed E-state index contributed by atoms with van der Waals surface area (Å²) in [5, 5.41) is 19.6. The molecule has 2 aromatic carbocycles. The van der Waals surface area contributed by atoms with Crippen molar-refractivity contribution in [1.82, 2.24) is 9.55 Å². The zero-order chi connectivity index (χ0) is 21.4. The quantitative estimate of drug-likeness (QED) is 0.501. The molecule has 0 aliphatic rings. The van der Waals surface area contributed by atoms with Gasteiger partial charge in [0.1, 0.15) is 28.5 Å². The molecule has 2 N–H and O–H groups in total. The smallest absolute Gasteiger partial charge is 0.303 e. The number of hydrogen-bond acceptors (Lipinski definition) is 5. The van der Waals surface area contributed by atoms with Crippen molar-refractivity contribution in [1.29, 1.82) is 0 Å². The van der Waals surface area contributed by atoms with Crippen LogP contribution in [0.2, 0.25) is 0 Å². The highest BCUT2D eigenvalue weighted by atomic mass is 16.4. The molecule has 0 fully saturated rings. The molecular formula is C23H22N2O5. The van der Waals surface area contributed by atoms with Gasteiger partial charge in [0.25, 0.3) is 0 Å². The van der Waals surface area contributed by atoms with E-state index in [1.165, 1.54) is 6.07 Å². The van der Waals surface area contributed by atoms with E-state index >= 15 is 0 Å². The van der Waals surface area contributed by atoms with Crippen LogP contribution in [-0.2, 0) is 24.7 Å². The number of aliphatic carboxylic acids is 1. The summed E-state index contributed by atoms with van der Waals surface area (Å²) < 4.78 is 7.88. The highest BCUT2D eigenvalue weighted by molar-refractivity contribution is 5.86. The van der Waals surface area contributed by atoms with Crippen molar-refractivity contribution in [3.05, 3.63) is 57.9 Å². The second kappa shape index (κ2) is 7.67. The molecule has 0 unspecified atom stereocenters. The lowest BCUT2D eigenvalue weighted by Gasteiger charge is -2.11. The molecule has 4 aromatic rings. The summed E-state index contributed by atoms with van der Waals surface area (Å²) in [6, 6.07) is 10.7. The van der Waals surface area contributed by atoms with Crippen LogP contribution in [0.15, 0.2) is 45.6 Å². The van der Waals surface area contributed by atoms with E-state index in [9.17, 15) is 14.7 Å². The Morgan fingerprint density at radius 3 is 2.70 bits per heavy atom. The second-order valence-electron chi connectivity index (χ2n) is 7.29. The first-order valence-corrected chi connectivity index (χ1v) is 9.86. The lowest BCUT2D eigenvalue weighted by molar-refractivity contribution is -0.137. The Balaban J connectivity index is 1.99. The number of carboxylic acids is 1. The number of carbonyl (C=O) groups is 1. The molecule has 2 aromatic heterocycles. The fraction of sp³-hybridized carbons (Fsp3) is 0.261. The maximum absolute atomic E-state index is 13.5. The zero-order valence-electron chi connectivity index (χ0n) is 16.8. The van der Waals surface area contributed by atoms with Gasteiger partial charge in [-0.25, -0.2) is 4.98 Å². The molecule has 0 aliphatic heterocycles.